The zero-order chi connectivity index (χ0) is 15.9. The summed E-state index contributed by atoms with van der Waals surface area (Å²) >= 11 is 0. The Balaban J connectivity index is 2.76. The highest BCUT2D eigenvalue weighted by atomic mass is 32.2. The molecule has 0 spiro atoms. The van der Waals surface area contributed by atoms with Gasteiger partial charge < -0.3 is 0 Å². The summed E-state index contributed by atoms with van der Waals surface area (Å²) in [7, 11) is -1.82. The zero-order valence-electron chi connectivity index (χ0n) is 12.8. The van der Waals surface area contributed by atoms with Crippen LogP contribution in [0.25, 0.3) is 5.52 Å². The molecule has 6 nitrogen and oxygen atoms in total. The van der Waals surface area contributed by atoms with Crippen molar-refractivity contribution >= 4 is 21.3 Å². The van der Waals surface area contributed by atoms with E-state index in [1.807, 2.05) is 13.0 Å². The quantitative estimate of drug-likeness (QED) is 0.807. The van der Waals surface area contributed by atoms with Crippen molar-refractivity contribution in [3.8, 4) is 0 Å². The van der Waals surface area contributed by atoms with E-state index < -0.39 is 16.1 Å². The smallest absolute Gasteiger partial charge is 0.211 e. The van der Waals surface area contributed by atoms with Gasteiger partial charge in [0.1, 0.15) is 0 Å². The number of aromatic nitrogens is 2. The van der Waals surface area contributed by atoms with E-state index >= 15 is 0 Å². The largest absolute Gasteiger partial charge is 0.294 e. The summed E-state index contributed by atoms with van der Waals surface area (Å²) in [6.07, 6.45) is 2.78. The Bertz CT molecular complexity index is 808. The maximum Gasteiger partial charge on any atom is 0.211 e. The highest BCUT2D eigenvalue weighted by Gasteiger charge is 2.28. The Morgan fingerprint density at radius 1 is 1.43 bits per heavy atom. The van der Waals surface area contributed by atoms with Gasteiger partial charge in [0, 0.05) is 18.8 Å². The van der Waals surface area contributed by atoms with Gasteiger partial charge in [-0.1, -0.05) is 0 Å². The fourth-order valence-electron chi connectivity index (χ4n) is 2.63. The van der Waals surface area contributed by atoms with E-state index in [2.05, 4.69) is 5.10 Å². The minimum absolute atomic E-state index is 0.0570. The second-order valence-electron chi connectivity index (χ2n) is 5.22. The summed E-state index contributed by atoms with van der Waals surface area (Å²) in [5.74, 6) is -0.0570. The van der Waals surface area contributed by atoms with Gasteiger partial charge in [0.05, 0.1) is 23.5 Å². The van der Waals surface area contributed by atoms with Crippen LogP contribution in [0.4, 0.5) is 0 Å². The molecular formula is C14H19N3O3S. The lowest BCUT2D eigenvalue weighted by Gasteiger charge is -2.23. The Morgan fingerprint density at radius 3 is 2.57 bits per heavy atom. The molecule has 0 saturated carbocycles. The molecule has 2 rings (SSSR count). The van der Waals surface area contributed by atoms with E-state index in [1.165, 1.54) is 18.3 Å². The van der Waals surface area contributed by atoms with Gasteiger partial charge in [-0.3, -0.25) is 4.79 Å². The summed E-state index contributed by atoms with van der Waals surface area (Å²) in [6, 6.07) is 3.15. The molecule has 0 saturated heterocycles. The van der Waals surface area contributed by atoms with E-state index in [1.54, 1.807) is 23.7 Å². The van der Waals surface area contributed by atoms with Crippen LogP contribution < -0.4 is 0 Å². The number of rotatable bonds is 4. The lowest BCUT2D eigenvalue weighted by Crippen LogP contribution is -2.29. The number of hydrogen-bond acceptors (Lipinski definition) is 4. The van der Waals surface area contributed by atoms with Crippen molar-refractivity contribution in [1.82, 2.24) is 13.9 Å². The number of hydrogen-bond donors (Lipinski definition) is 0. The highest BCUT2D eigenvalue weighted by Crippen LogP contribution is 2.30. The third-order valence-electron chi connectivity index (χ3n) is 3.81. The summed E-state index contributed by atoms with van der Waals surface area (Å²) in [5, 5.41) is 4.27. The number of carbonyl (C=O) groups excluding carboxylic acids is 1. The third kappa shape index (κ3) is 2.58. The number of Topliss-reactive ketones (excluding diaryl/α,β-unsaturated/α-hetero) is 1. The molecule has 2 aromatic heterocycles. The molecule has 0 amide bonds. The first kappa shape index (κ1) is 15.7. The zero-order valence-corrected chi connectivity index (χ0v) is 13.6. The van der Waals surface area contributed by atoms with Crippen molar-refractivity contribution < 1.29 is 13.2 Å². The lowest BCUT2D eigenvalue weighted by atomic mass is 10.0. The van der Waals surface area contributed by atoms with Gasteiger partial charge in [-0.05, 0) is 38.5 Å². The van der Waals surface area contributed by atoms with Crippen molar-refractivity contribution in [3.63, 3.8) is 0 Å². The molecule has 0 fully saturated rings. The predicted octanol–water partition coefficient (Wildman–Crippen LogP) is 1.80. The van der Waals surface area contributed by atoms with Crippen LogP contribution in [-0.4, -0.2) is 41.4 Å². The minimum Gasteiger partial charge on any atom is -0.294 e. The summed E-state index contributed by atoms with van der Waals surface area (Å²) in [5.41, 5.74) is 2.77. The molecule has 2 heterocycles. The van der Waals surface area contributed by atoms with Crippen molar-refractivity contribution in [2.45, 2.75) is 26.8 Å². The Kier molecular flexibility index (Phi) is 3.90. The van der Waals surface area contributed by atoms with Gasteiger partial charge in [-0.15, -0.1) is 0 Å². The molecule has 7 heteroatoms. The van der Waals surface area contributed by atoms with Crippen LogP contribution in [0.15, 0.2) is 18.3 Å². The monoisotopic (exact) mass is 309 g/mol. The van der Waals surface area contributed by atoms with Crippen LogP contribution in [-0.2, 0) is 10.0 Å². The van der Waals surface area contributed by atoms with Crippen LogP contribution in [0.3, 0.4) is 0 Å². The summed E-state index contributed by atoms with van der Waals surface area (Å²) in [6.45, 7) is 5.12. The second kappa shape index (κ2) is 5.23. The molecule has 114 valence electrons. The van der Waals surface area contributed by atoms with Gasteiger partial charge in [0.15, 0.2) is 5.78 Å². The van der Waals surface area contributed by atoms with Gasteiger partial charge in [0.25, 0.3) is 0 Å². The van der Waals surface area contributed by atoms with E-state index in [0.717, 1.165) is 11.8 Å². The van der Waals surface area contributed by atoms with Crippen LogP contribution in [0.1, 0.15) is 41.5 Å². The van der Waals surface area contributed by atoms with Crippen LogP contribution in [0.2, 0.25) is 0 Å². The minimum atomic E-state index is -3.34. The topological polar surface area (TPSA) is 71.8 Å². The van der Waals surface area contributed by atoms with Crippen molar-refractivity contribution in [2.75, 3.05) is 13.3 Å². The fraction of sp³-hybridized carbons (Fsp3) is 0.429. The van der Waals surface area contributed by atoms with Crippen molar-refractivity contribution in [3.05, 3.63) is 35.2 Å². The predicted molar refractivity (Wildman–Crippen MR) is 81.0 cm³/mol. The average molecular weight is 309 g/mol. The van der Waals surface area contributed by atoms with Crippen molar-refractivity contribution in [2.24, 2.45) is 0 Å². The summed E-state index contributed by atoms with van der Waals surface area (Å²) < 4.78 is 26.5. The third-order valence-corrected chi connectivity index (χ3v) is 5.17. The lowest BCUT2D eigenvalue weighted by molar-refractivity contribution is 0.101. The molecule has 1 unspecified atom stereocenters. The highest BCUT2D eigenvalue weighted by molar-refractivity contribution is 7.88. The van der Waals surface area contributed by atoms with Gasteiger partial charge >= 0.3 is 0 Å². The first-order chi connectivity index (χ1) is 9.66. The number of carbonyl (C=O) groups is 1. The molecular weight excluding hydrogens is 290 g/mol. The molecule has 0 bridgehead atoms. The van der Waals surface area contributed by atoms with E-state index in [9.17, 15) is 13.2 Å². The molecule has 2 aromatic rings. The number of fused-ring (bicyclic) bond motifs is 1. The maximum absolute atomic E-state index is 11.9. The molecule has 21 heavy (non-hydrogen) atoms. The van der Waals surface area contributed by atoms with E-state index in [-0.39, 0.29) is 5.78 Å². The summed E-state index contributed by atoms with van der Waals surface area (Å²) in [4.78, 5) is 11.9. The molecule has 0 aliphatic carbocycles. The molecule has 0 aliphatic rings. The second-order valence-corrected chi connectivity index (χ2v) is 7.26. The number of nitrogens with zero attached hydrogens (tertiary/aromatic N) is 3. The van der Waals surface area contributed by atoms with Crippen molar-refractivity contribution in [1.29, 1.82) is 0 Å². The SMILES string of the molecule is CC(=O)c1c(C)c(C(C)N(C)S(C)(=O)=O)n2ncccc12. The standard InChI is InChI=1S/C14H19N3O3S/c1-9-13(11(3)18)12-7-6-8-15-17(12)14(9)10(2)16(4)21(5,19)20/h6-8,10H,1-5H3. The van der Waals surface area contributed by atoms with Gasteiger partial charge in [0.2, 0.25) is 10.0 Å². The molecule has 0 aromatic carbocycles. The van der Waals surface area contributed by atoms with Crippen LogP contribution in [0, 0.1) is 6.92 Å². The first-order valence-electron chi connectivity index (χ1n) is 6.56. The van der Waals surface area contributed by atoms with Crippen LogP contribution >= 0.6 is 0 Å². The van der Waals surface area contributed by atoms with Gasteiger partial charge in [-0.25, -0.2) is 12.9 Å². The number of sulfonamides is 1. The van der Waals surface area contributed by atoms with E-state index in [0.29, 0.717) is 16.8 Å². The van der Waals surface area contributed by atoms with Gasteiger partial charge in [-0.2, -0.15) is 9.40 Å². The Morgan fingerprint density at radius 2 is 2.05 bits per heavy atom. The molecule has 0 N–H and O–H groups in total. The van der Waals surface area contributed by atoms with E-state index in [4.69, 9.17) is 0 Å². The fourth-order valence-corrected chi connectivity index (χ4v) is 3.30. The number of ketones is 1. The first-order valence-corrected chi connectivity index (χ1v) is 8.41. The van der Waals surface area contributed by atoms with Crippen LogP contribution in [0.5, 0.6) is 0 Å². The average Bonchev–Trinajstić information content (AvgIpc) is 2.68. The molecule has 0 radical (unpaired) electrons. The molecule has 1 atom stereocenters. The Labute approximate surface area is 124 Å². The Hall–Kier alpha value is -1.73. The maximum atomic E-state index is 11.9. The normalized spacial score (nSPS) is 13.8. The molecule has 0 aliphatic heterocycles.